The predicted octanol–water partition coefficient (Wildman–Crippen LogP) is 2.96. The summed E-state index contributed by atoms with van der Waals surface area (Å²) in [6, 6.07) is 5.45. The molecule has 1 heterocycles. The maximum atomic E-state index is 12.5. The molecule has 1 aliphatic heterocycles. The molecule has 0 atom stereocenters. The zero-order valence-electron chi connectivity index (χ0n) is 11.9. The van der Waals surface area contributed by atoms with Crippen LogP contribution in [0.3, 0.4) is 0 Å². The van der Waals surface area contributed by atoms with Crippen LogP contribution in [-0.2, 0) is 4.74 Å². The minimum absolute atomic E-state index is 0.0160. The number of benzene rings is 1. The van der Waals surface area contributed by atoms with E-state index in [9.17, 15) is 4.79 Å². The van der Waals surface area contributed by atoms with E-state index in [0.29, 0.717) is 17.2 Å². The molecule has 5 heteroatoms. The van der Waals surface area contributed by atoms with Gasteiger partial charge in [-0.05, 0) is 52.9 Å². The van der Waals surface area contributed by atoms with Crippen molar-refractivity contribution in [3.05, 3.63) is 28.2 Å². The lowest BCUT2D eigenvalue weighted by atomic mass is 9.99. The van der Waals surface area contributed by atoms with Crippen LogP contribution in [-0.4, -0.2) is 44.7 Å². The van der Waals surface area contributed by atoms with Crippen LogP contribution in [0.4, 0.5) is 0 Å². The van der Waals surface area contributed by atoms with Crippen molar-refractivity contribution in [2.24, 2.45) is 5.92 Å². The maximum Gasteiger partial charge on any atom is 0.254 e. The zero-order valence-corrected chi connectivity index (χ0v) is 13.5. The highest BCUT2D eigenvalue weighted by Gasteiger charge is 2.21. The average Bonchev–Trinajstić information content (AvgIpc) is 2.48. The van der Waals surface area contributed by atoms with Crippen molar-refractivity contribution in [1.82, 2.24) is 4.90 Å². The molecule has 0 bridgehead atoms. The molecule has 0 N–H and O–H groups in total. The molecule has 0 aliphatic carbocycles. The average molecular weight is 342 g/mol. The van der Waals surface area contributed by atoms with Crippen molar-refractivity contribution in [3.63, 3.8) is 0 Å². The molecular weight excluding hydrogens is 322 g/mol. The minimum atomic E-state index is 0.0160. The third-order valence-corrected chi connectivity index (χ3v) is 4.32. The van der Waals surface area contributed by atoms with Gasteiger partial charge in [-0.2, -0.15) is 0 Å². The number of amides is 1. The topological polar surface area (TPSA) is 38.8 Å². The lowest BCUT2D eigenvalue weighted by Crippen LogP contribution is -2.34. The number of carbonyl (C=O) groups excluding carboxylic acids is 1. The summed E-state index contributed by atoms with van der Waals surface area (Å²) in [6.07, 6.45) is 2.05. The lowest BCUT2D eigenvalue weighted by Gasteiger charge is -2.27. The van der Waals surface area contributed by atoms with E-state index in [1.54, 1.807) is 18.1 Å². The molecule has 0 unspecified atom stereocenters. The Hall–Kier alpha value is -1.07. The lowest BCUT2D eigenvalue weighted by molar-refractivity contribution is 0.0497. The first-order valence-electron chi connectivity index (χ1n) is 6.78. The normalized spacial score (nSPS) is 15.9. The number of hydrogen-bond acceptors (Lipinski definition) is 3. The molecule has 0 radical (unpaired) electrons. The van der Waals surface area contributed by atoms with Gasteiger partial charge in [-0.15, -0.1) is 0 Å². The van der Waals surface area contributed by atoms with Crippen molar-refractivity contribution >= 4 is 21.8 Å². The molecule has 1 aromatic rings. The third kappa shape index (κ3) is 3.73. The fourth-order valence-electron chi connectivity index (χ4n) is 2.40. The number of halogens is 1. The first-order valence-corrected chi connectivity index (χ1v) is 7.58. The number of rotatable bonds is 4. The van der Waals surface area contributed by atoms with E-state index in [1.165, 1.54) is 0 Å². The van der Waals surface area contributed by atoms with Crippen LogP contribution in [0.15, 0.2) is 22.7 Å². The molecular formula is C15H20BrNO3. The molecule has 1 amide bonds. The van der Waals surface area contributed by atoms with Crippen LogP contribution < -0.4 is 4.74 Å². The Bertz CT molecular complexity index is 472. The van der Waals surface area contributed by atoms with Gasteiger partial charge in [0.25, 0.3) is 5.91 Å². The molecule has 1 fully saturated rings. The molecule has 20 heavy (non-hydrogen) atoms. The number of carbonyl (C=O) groups is 1. The summed E-state index contributed by atoms with van der Waals surface area (Å²) in [4.78, 5) is 14.3. The summed E-state index contributed by atoms with van der Waals surface area (Å²) in [6.45, 7) is 2.37. The second-order valence-electron chi connectivity index (χ2n) is 5.09. The van der Waals surface area contributed by atoms with Gasteiger partial charge in [-0.25, -0.2) is 0 Å². The number of nitrogens with zero attached hydrogens (tertiary/aromatic N) is 1. The van der Waals surface area contributed by atoms with E-state index in [1.807, 2.05) is 19.2 Å². The second kappa shape index (κ2) is 7.09. The fraction of sp³-hybridized carbons (Fsp3) is 0.533. The van der Waals surface area contributed by atoms with Gasteiger partial charge in [0.2, 0.25) is 0 Å². The van der Waals surface area contributed by atoms with Crippen LogP contribution in [0.2, 0.25) is 0 Å². The van der Waals surface area contributed by atoms with Crippen molar-refractivity contribution in [2.75, 3.05) is 33.9 Å². The van der Waals surface area contributed by atoms with Gasteiger partial charge in [0.15, 0.2) is 0 Å². The summed E-state index contributed by atoms with van der Waals surface area (Å²) in [7, 11) is 3.45. The van der Waals surface area contributed by atoms with Crippen LogP contribution in [0.25, 0.3) is 0 Å². The van der Waals surface area contributed by atoms with Gasteiger partial charge in [-0.3, -0.25) is 4.79 Å². The Morgan fingerprint density at radius 3 is 2.80 bits per heavy atom. The third-order valence-electron chi connectivity index (χ3n) is 3.62. The Kier molecular flexibility index (Phi) is 5.43. The maximum absolute atomic E-state index is 12.5. The highest BCUT2D eigenvalue weighted by Crippen LogP contribution is 2.24. The van der Waals surface area contributed by atoms with Crippen molar-refractivity contribution in [2.45, 2.75) is 12.8 Å². The molecule has 1 aliphatic rings. The van der Waals surface area contributed by atoms with Crippen LogP contribution >= 0.6 is 15.9 Å². The molecule has 2 rings (SSSR count). The van der Waals surface area contributed by atoms with Gasteiger partial charge in [-0.1, -0.05) is 0 Å². The first kappa shape index (κ1) is 15.3. The zero-order chi connectivity index (χ0) is 14.5. The number of hydrogen-bond donors (Lipinski definition) is 0. The number of ether oxygens (including phenoxy) is 2. The fourth-order valence-corrected chi connectivity index (χ4v) is 2.82. The van der Waals surface area contributed by atoms with Gasteiger partial charge < -0.3 is 14.4 Å². The van der Waals surface area contributed by atoms with Gasteiger partial charge >= 0.3 is 0 Å². The molecule has 1 aromatic carbocycles. The SMILES string of the molecule is COc1ccc(Br)c(C(=O)N(C)CC2CCOCC2)c1. The molecule has 1 saturated heterocycles. The monoisotopic (exact) mass is 341 g/mol. The van der Waals surface area contributed by atoms with Crippen LogP contribution in [0, 0.1) is 5.92 Å². The highest BCUT2D eigenvalue weighted by molar-refractivity contribution is 9.10. The van der Waals surface area contributed by atoms with Gasteiger partial charge in [0.05, 0.1) is 12.7 Å². The number of methoxy groups -OCH3 is 1. The summed E-state index contributed by atoms with van der Waals surface area (Å²) in [5.74, 6) is 1.24. The molecule has 4 nitrogen and oxygen atoms in total. The summed E-state index contributed by atoms with van der Waals surface area (Å²) < 4.78 is 11.3. The quantitative estimate of drug-likeness (QED) is 0.845. The first-order chi connectivity index (χ1) is 9.61. The molecule has 0 spiro atoms. The van der Waals surface area contributed by atoms with E-state index >= 15 is 0 Å². The van der Waals surface area contributed by atoms with Crippen LogP contribution in [0.1, 0.15) is 23.2 Å². The molecule has 0 aromatic heterocycles. The Labute approximate surface area is 128 Å². The largest absolute Gasteiger partial charge is 0.497 e. The van der Waals surface area contributed by atoms with Crippen molar-refractivity contribution < 1.29 is 14.3 Å². The highest BCUT2D eigenvalue weighted by atomic mass is 79.9. The standard InChI is InChI=1S/C15H20BrNO3/c1-17(10-11-5-7-20-8-6-11)15(18)13-9-12(19-2)3-4-14(13)16/h3-4,9,11H,5-8,10H2,1-2H3. The second-order valence-corrected chi connectivity index (χ2v) is 5.94. The minimum Gasteiger partial charge on any atom is -0.497 e. The Morgan fingerprint density at radius 1 is 1.45 bits per heavy atom. The van der Waals surface area contributed by atoms with Crippen molar-refractivity contribution in [3.8, 4) is 5.75 Å². The van der Waals surface area contributed by atoms with E-state index in [0.717, 1.165) is 37.1 Å². The van der Waals surface area contributed by atoms with E-state index < -0.39 is 0 Å². The van der Waals surface area contributed by atoms with E-state index in [-0.39, 0.29) is 5.91 Å². The summed E-state index contributed by atoms with van der Waals surface area (Å²) in [5.41, 5.74) is 0.638. The summed E-state index contributed by atoms with van der Waals surface area (Å²) >= 11 is 3.43. The van der Waals surface area contributed by atoms with Crippen molar-refractivity contribution in [1.29, 1.82) is 0 Å². The molecule has 0 saturated carbocycles. The van der Waals surface area contributed by atoms with Gasteiger partial charge in [0.1, 0.15) is 5.75 Å². The van der Waals surface area contributed by atoms with E-state index in [4.69, 9.17) is 9.47 Å². The molecule has 110 valence electrons. The predicted molar refractivity (Wildman–Crippen MR) is 81.2 cm³/mol. The summed E-state index contributed by atoms with van der Waals surface area (Å²) in [5, 5.41) is 0. The van der Waals surface area contributed by atoms with Crippen LogP contribution in [0.5, 0.6) is 5.75 Å². The van der Waals surface area contributed by atoms with E-state index in [2.05, 4.69) is 15.9 Å². The van der Waals surface area contributed by atoms with Gasteiger partial charge in [0, 0.05) is 31.3 Å². The Balaban J connectivity index is 2.05. The Morgan fingerprint density at radius 2 is 2.15 bits per heavy atom. The smallest absolute Gasteiger partial charge is 0.254 e.